The Labute approximate surface area is 206 Å². The Hall–Kier alpha value is -3.44. The van der Waals surface area contributed by atoms with Gasteiger partial charge in [0, 0.05) is 25.1 Å². The van der Waals surface area contributed by atoms with Crippen molar-refractivity contribution in [2.24, 2.45) is 0 Å². The van der Waals surface area contributed by atoms with Crippen molar-refractivity contribution in [3.63, 3.8) is 0 Å². The molecule has 0 saturated carbocycles. The summed E-state index contributed by atoms with van der Waals surface area (Å²) in [6.07, 6.45) is -3.97. The monoisotopic (exact) mass is 507 g/mol. The Morgan fingerprint density at radius 2 is 1.31 bits per heavy atom. The van der Waals surface area contributed by atoms with E-state index in [1.54, 1.807) is 48.5 Å². The predicted molar refractivity (Wildman–Crippen MR) is 127 cm³/mol. The van der Waals surface area contributed by atoms with Crippen LogP contribution in [-0.4, -0.2) is 38.0 Å². The van der Waals surface area contributed by atoms with Crippen molar-refractivity contribution in [1.29, 1.82) is 0 Å². The van der Waals surface area contributed by atoms with Gasteiger partial charge in [-0.1, -0.05) is 24.3 Å². The number of methoxy groups -OCH3 is 2. The van der Waals surface area contributed by atoms with Crippen molar-refractivity contribution < 1.29 is 41.7 Å². The Bertz CT molecular complexity index is 1110. The molecule has 0 radical (unpaired) electrons. The minimum Gasteiger partial charge on any atom is -0.509 e. The highest BCUT2D eigenvalue weighted by molar-refractivity contribution is 6.33. The summed E-state index contributed by atoms with van der Waals surface area (Å²) in [5, 5.41) is 18.6. The van der Waals surface area contributed by atoms with Crippen LogP contribution in [0.15, 0.2) is 48.5 Å². The lowest BCUT2D eigenvalue weighted by Gasteiger charge is -2.29. The van der Waals surface area contributed by atoms with E-state index in [1.807, 2.05) is 0 Å². The quantitative estimate of drug-likeness (QED) is 0.291. The van der Waals surface area contributed by atoms with E-state index in [0.29, 0.717) is 22.6 Å². The topological polar surface area (TPSA) is 71.4 Å². The number of anilines is 1. The summed E-state index contributed by atoms with van der Waals surface area (Å²) >= 11 is 0. The maximum Gasteiger partial charge on any atom is 0.707 e. The van der Waals surface area contributed by atoms with Gasteiger partial charge < -0.3 is 29.1 Å². The SMILES string of the molecule is COc1ccc(CN(Cc2ccc(OC)cc2)c2c(F)c(C)c(CC(F)F)c(OB(O)O)c2F)cc1. The number of alkyl halides is 2. The number of benzene rings is 3. The maximum absolute atomic E-state index is 15.8. The molecule has 0 heterocycles. The molecule has 3 aromatic rings. The third-order valence-corrected chi connectivity index (χ3v) is 5.63. The summed E-state index contributed by atoms with van der Waals surface area (Å²) in [5.74, 6) is -2.02. The van der Waals surface area contributed by atoms with Crippen LogP contribution in [0.4, 0.5) is 23.2 Å². The molecule has 192 valence electrons. The van der Waals surface area contributed by atoms with Gasteiger partial charge in [0.05, 0.1) is 14.2 Å². The van der Waals surface area contributed by atoms with Crippen LogP contribution in [0.2, 0.25) is 0 Å². The fourth-order valence-electron chi connectivity index (χ4n) is 3.84. The fraction of sp³-hybridized carbons (Fsp3) is 0.280. The van der Waals surface area contributed by atoms with Crippen LogP contribution in [0.25, 0.3) is 0 Å². The number of hydrogen-bond acceptors (Lipinski definition) is 6. The van der Waals surface area contributed by atoms with E-state index >= 15 is 8.78 Å². The molecule has 0 amide bonds. The lowest BCUT2D eigenvalue weighted by molar-refractivity contribution is 0.147. The number of hydrogen-bond donors (Lipinski definition) is 2. The normalized spacial score (nSPS) is 10.9. The molecule has 0 aliphatic heterocycles. The second-order valence-electron chi connectivity index (χ2n) is 8.00. The first-order valence-corrected chi connectivity index (χ1v) is 11.0. The van der Waals surface area contributed by atoms with Gasteiger partial charge in [-0.3, -0.25) is 0 Å². The second kappa shape index (κ2) is 12.0. The molecule has 0 unspecified atom stereocenters. The van der Waals surface area contributed by atoms with Crippen LogP contribution in [0, 0.1) is 18.6 Å². The molecule has 0 spiro atoms. The zero-order valence-electron chi connectivity index (χ0n) is 20.0. The minimum atomic E-state index is -2.94. The van der Waals surface area contributed by atoms with Gasteiger partial charge >= 0.3 is 7.32 Å². The van der Waals surface area contributed by atoms with E-state index in [4.69, 9.17) is 14.1 Å². The van der Waals surface area contributed by atoms with Gasteiger partial charge in [-0.05, 0) is 47.9 Å². The van der Waals surface area contributed by atoms with Gasteiger partial charge in [-0.15, -0.1) is 0 Å². The van der Waals surface area contributed by atoms with E-state index < -0.39 is 48.8 Å². The van der Waals surface area contributed by atoms with Crippen molar-refractivity contribution in [3.8, 4) is 17.2 Å². The van der Waals surface area contributed by atoms with Crippen molar-refractivity contribution in [1.82, 2.24) is 0 Å². The highest BCUT2D eigenvalue weighted by Crippen LogP contribution is 2.39. The average Bonchev–Trinajstić information content (AvgIpc) is 2.85. The van der Waals surface area contributed by atoms with Crippen LogP contribution in [-0.2, 0) is 19.5 Å². The lowest BCUT2D eigenvalue weighted by atomic mass is 10.00. The van der Waals surface area contributed by atoms with Crippen LogP contribution in [0.1, 0.15) is 22.3 Å². The van der Waals surface area contributed by atoms with Gasteiger partial charge in [0.15, 0.2) is 11.6 Å². The zero-order chi connectivity index (χ0) is 26.4. The number of nitrogens with zero attached hydrogens (tertiary/aromatic N) is 1. The fourth-order valence-corrected chi connectivity index (χ4v) is 3.84. The molecule has 0 aromatic heterocycles. The summed E-state index contributed by atoms with van der Waals surface area (Å²) in [6.45, 7) is 1.27. The molecule has 0 atom stereocenters. The van der Waals surface area contributed by atoms with Gasteiger partial charge in [0.25, 0.3) is 0 Å². The second-order valence-corrected chi connectivity index (χ2v) is 8.00. The molecule has 11 heteroatoms. The van der Waals surface area contributed by atoms with Crippen LogP contribution in [0.3, 0.4) is 0 Å². The van der Waals surface area contributed by atoms with Crippen molar-refractivity contribution in [2.45, 2.75) is 32.9 Å². The third kappa shape index (κ3) is 6.41. The molecule has 36 heavy (non-hydrogen) atoms. The summed E-state index contributed by atoms with van der Waals surface area (Å²) in [5.41, 5.74) is 0.0551. The largest absolute Gasteiger partial charge is 0.707 e. The molecular formula is C25H26BF4NO5. The molecule has 3 rings (SSSR count). The van der Waals surface area contributed by atoms with Crippen LogP contribution >= 0.6 is 0 Å². The molecule has 0 aliphatic carbocycles. The first kappa shape index (κ1) is 27.2. The molecule has 3 aromatic carbocycles. The van der Waals surface area contributed by atoms with Crippen LogP contribution in [0.5, 0.6) is 17.2 Å². The van der Waals surface area contributed by atoms with E-state index in [0.717, 1.165) is 0 Å². The highest BCUT2D eigenvalue weighted by Gasteiger charge is 2.31. The highest BCUT2D eigenvalue weighted by atomic mass is 19.3. The zero-order valence-corrected chi connectivity index (χ0v) is 20.0. The summed E-state index contributed by atoms with van der Waals surface area (Å²) < 4.78 is 72.8. The molecular weight excluding hydrogens is 481 g/mol. The molecule has 6 nitrogen and oxygen atoms in total. The lowest BCUT2D eigenvalue weighted by Crippen LogP contribution is -2.28. The third-order valence-electron chi connectivity index (χ3n) is 5.63. The maximum atomic E-state index is 15.8. The average molecular weight is 507 g/mol. The van der Waals surface area contributed by atoms with E-state index in [9.17, 15) is 18.8 Å². The number of halogens is 4. The molecule has 0 bridgehead atoms. The van der Waals surface area contributed by atoms with Crippen molar-refractivity contribution in [3.05, 3.63) is 82.4 Å². The van der Waals surface area contributed by atoms with E-state index in [1.165, 1.54) is 26.0 Å². The summed E-state index contributed by atoms with van der Waals surface area (Å²) in [6, 6.07) is 13.7. The van der Waals surface area contributed by atoms with Crippen molar-refractivity contribution >= 4 is 13.0 Å². The van der Waals surface area contributed by atoms with Crippen molar-refractivity contribution in [2.75, 3.05) is 19.1 Å². The summed E-state index contributed by atoms with van der Waals surface area (Å²) in [7, 11) is 0.526. The van der Waals surface area contributed by atoms with Gasteiger partial charge in [-0.25, -0.2) is 17.6 Å². The number of ether oxygens (including phenoxy) is 2. The predicted octanol–water partition coefficient (Wildman–Crippen LogP) is 4.65. The molecule has 0 aliphatic rings. The van der Waals surface area contributed by atoms with E-state index in [2.05, 4.69) is 0 Å². The number of rotatable bonds is 11. The smallest absolute Gasteiger partial charge is 0.509 e. The minimum absolute atomic E-state index is 0.0264. The molecule has 0 fully saturated rings. The molecule has 0 saturated heterocycles. The Kier molecular flexibility index (Phi) is 9.06. The van der Waals surface area contributed by atoms with Gasteiger partial charge in [-0.2, -0.15) is 0 Å². The Morgan fingerprint density at radius 3 is 1.69 bits per heavy atom. The Balaban J connectivity index is 2.14. The van der Waals surface area contributed by atoms with Crippen LogP contribution < -0.4 is 19.0 Å². The van der Waals surface area contributed by atoms with Gasteiger partial charge in [0.1, 0.15) is 22.9 Å². The first-order chi connectivity index (χ1) is 17.1. The Morgan fingerprint density at radius 1 is 0.833 bits per heavy atom. The summed E-state index contributed by atoms with van der Waals surface area (Å²) in [4.78, 5) is 1.38. The van der Waals surface area contributed by atoms with Gasteiger partial charge in [0.2, 0.25) is 6.43 Å². The van der Waals surface area contributed by atoms with E-state index in [-0.39, 0.29) is 18.7 Å². The first-order valence-electron chi connectivity index (χ1n) is 11.0. The molecule has 2 N–H and O–H groups in total. The standard InChI is InChI=1S/C25H26BF4NO5/c1-15-20(12-21(27)28)25(36-26(32)33)23(30)24(22(15)29)31(13-16-4-8-18(34-2)9-5-16)14-17-6-10-19(35-3)11-7-17/h4-11,21,32-33H,12-14H2,1-3H3.